The van der Waals surface area contributed by atoms with E-state index in [0.717, 1.165) is 38.6 Å². The molecule has 1 unspecified atom stereocenters. The molecule has 108 valence electrons. The largest absolute Gasteiger partial charge is 0.315 e. The molecule has 0 aliphatic heterocycles. The smallest absolute Gasteiger partial charge is 0.217 e. The summed E-state index contributed by atoms with van der Waals surface area (Å²) in [6, 6.07) is 0.220. The van der Waals surface area contributed by atoms with Gasteiger partial charge in [-0.1, -0.05) is 26.2 Å². The zero-order chi connectivity index (χ0) is 13.6. The maximum absolute atomic E-state index is 12.4. The summed E-state index contributed by atoms with van der Waals surface area (Å²) in [4.78, 5) is 0. The van der Waals surface area contributed by atoms with E-state index in [1.807, 2.05) is 0 Å². The van der Waals surface area contributed by atoms with Gasteiger partial charge in [-0.05, 0) is 32.7 Å². The lowest BCUT2D eigenvalue weighted by molar-refractivity contribution is 0.283. The van der Waals surface area contributed by atoms with E-state index in [-0.39, 0.29) is 11.3 Å². The van der Waals surface area contributed by atoms with Crippen LogP contribution in [0.15, 0.2) is 0 Å². The third-order valence-electron chi connectivity index (χ3n) is 3.86. The number of rotatable bonds is 7. The standard InChI is InChI=1S/C13H28N2O2S/c1-4-10-14-11-12(2)18(16,17)15(3)13-8-6-5-7-9-13/h12-14H,4-11H2,1-3H3. The van der Waals surface area contributed by atoms with Crippen LogP contribution in [0.4, 0.5) is 0 Å². The van der Waals surface area contributed by atoms with Crippen LogP contribution >= 0.6 is 0 Å². The summed E-state index contributed by atoms with van der Waals surface area (Å²) >= 11 is 0. The van der Waals surface area contributed by atoms with E-state index in [4.69, 9.17) is 0 Å². The molecule has 5 heteroatoms. The molecule has 0 aromatic carbocycles. The molecule has 1 aliphatic carbocycles. The molecule has 0 amide bonds. The quantitative estimate of drug-likeness (QED) is 0.723. The molecule has 1 rings (SSSR count). The highest BCUT2D eigenvalue weighted by Gasteiger charge is 2.31. The van der Waals surface area contributed by atoms with Crippen LogP contribution in [0.25, 0.3) is 0 Å². The van der Waals surface area contributed by atoms with Crippen molar-refractivity contribution in [3.05, 3.63) is 0 Å². The minimum atomic E-state index is -3.15. The molecule has 0 spiro atoms. The van der Waals surface area contributed by atoms with Gasteiger partial charge in [-0.2, -0.15) is 0 Å². The Balaban J connectivity index is 2.54. The minimum Gasteiger partial charge on any atom is -0.315 e. The Bertz CT molecular complexity index is 324. The monoisotopic (exact) mass is 276 g/mol. The van der Waals surface area contributed by atoms with Gasteiger partial charge in [-0.25, -0.2) is 12.7 Å². The van der Waals surface area contributed by atoms with Crippen LogP contribution < -0.4 is 5.32 Å². The molecule has 0 saturated heterocycles. The maximum Gasteiger partial charge on any atom is 0.217 e. The Morgan fingerprint density at radius 2 is 1.89 bits per heavy atom. The van der Waals surface area contributed by atoms with Gasteiger partial charge in [0.05, 0.1) is 5.25 Å². The zero-order valence-corrected chi connectivity index (χ0v) is 12.8. The summed E-state index contributed by atoms with van der Waals surface area (Å²) < 4.78 is 26.4. The van der Waals surface area contributed by atoms with Gasteiger partial charge in [0.15, 0.2) is 0 Å². The second kappa shape index (κ2) is 7.46. The van der Waals surface area contributed by atoms with Gasteiger partial charge in [0.2, 0.25) is 10.0 Å². The van der Waals surface area contributed by atoms with Gasteiger partial charge >= 0.3 is 0 Å². The van der Waals surface area contributed by atoms with E-state index >= 15 is 0 Å². The molecule has 1 N–H and O–H groups in total. The average Bonchev–Trinajstić information content (AvgIpc) is 2.39. The second-order valence-corrected chi connectivity index (χ2v) is 7.78. The number of nitrogens with zero attached hydrogens (tertiary/aromatic N) is 1. The van der Waals surface area contributed by atoms with Gasteiger partial charge in [-0.15, -0.1) is 0 Å². The van der Waals surface area contributed by atoms with Crippen molar-refractivity contribution in [2.24, 2.45) is 0 Å². The highest BCUT2D eigenvalue weighted by Crippen LogP contribution is 2.24. The maximum atomic E-state index is 12.4. The van der Waals surface area contributed by atoms with Crippen LogP contribution in [0, 0.1) is 0 Å². The summed E-state index contributed by atoms with van der Waals surface area (Å²) in [6.45, 7) is 5.32. The van der Waals surface area contributed by atoms with Gasteiger partial charge in [0, 0.05) is 19.6 Å². The predicted molar refractivity (Wildman–Crippen MR) is 76.2 cm³/mol. The Hall–Kier alpha value is -0.130. The molecule has 0 aromatic heterocycles. The fourth-order valence-corrected chi connectivity index (χ4v) is 4.05. The van der Waals surface area contributed by atoms with E-state index in [9.17, 15) is 8.42 Å². The van der Waals surface area contributed by atoms with Crippen molar-refractivity contribution in [3.63, 3.8) is 0 Å². The van der Waals surface area contributed by atoms with Crippen molar-refractivity contribution in [1.82, 2.24) is 9.62 Å². The lowest BCUT2D eigenvalue weighted by Crippen LogP contribution is -2.45. The Labute approximate surface area is 112 Å². The van der Waals surface area contributed by atoms with Gasteiger partial charge in [-0.3, -0.25) is 0 Å². The third-order valence-corrected chi connectivity index (χ3v) is 6.14. The van der Waals surface area contributed by atoms with Crippen molar-refractivity contribution >= 4 is 10.0 Å². The normalized spacial score (nSPS) is 20.2. The molecule has 1 saturated carbocycles. The van der Waals surface area contributed by atoms with Crippen molar-refractivity contribution in [2.75, 3.05) is 20.1 Å². The second-order valence-electron chi connectivity index (χ2n) is 5.37. The van der Waals surface area contributed by atoms with Crippen LogP contribution in [0.2, 0.25) is 0 Å². The van der Waals surface area contributed by atoms with E-state index < -0.39 is 10.0 Å². The first-order valence-electron chi connectivity index (χ1n) is 7.17. The molecule has 4 nitrogen and oxygen atoms in total. The number of hydrogen-bond donors (Lipinski definition) is 1. The highest BCUT2D eigenvalue weighted by atomic mass is 32.2. The van der Waals surface area contributed by atoms with Gasteiger partial charge in [0.1, 0.15) is 0 Å². The van der Waals surface area contributed by atoms with Crippen molar-refractivity contribution in [3.8, 4) is 0 Å². The van der Waals surface area contributed by atoms with Crippen molar-refractivity contribution < 1.29 is 8.42 Å². The highest BCUT2D eigenvalue weighted by molar-refractivity contribution is 7.89. The van der Waals surface area contributed by atoms with Crippen LogP contribution in [0.1, 0.15) is 52.4 Å². The zero-order valence-electron chi connectivity index (χ0n) is 12.0. The Morgan fingerprint density at radius 1 is 1.28 bits per heavy atom. The molecule has 0 bridgehead atoms. The van der Waals surface area contributed by atoms with Gasteiger partial charge < -0.3 is 5.32 Å². The molecule has 0 aromatic rings. The predicted octanol–water partition coefficient (Wildman–Crippen LogP) is 1.97. The number of nitrogens with one attached hydrogen (secondary N) is 1. The van der Waals surface area contributed by atoms with Crippen LogP contribution in [-0.2, 0) is 10.0 Å². The van der Waals surface area contributed by atoms with E-state index in [0.29, 0.717) is 6.54 Å². The Kier molecular flexibility index (Phi) is 6.60. The van der Waals surface area contributed by atoms with Crippen molar-refractivity contribution in [2.45, 2.75) is 63.7 Å². The van der Waals surface area contributed by atoms with Crippen molar-refractivity contribution in [1.29, 1.82) is 0 Å². The van der Waals surface area contributed by atoms with Crippen LogP contribution in [0.5, 0.6) is 0 Å². The van der Waals surface area contributed by atoms with Crippen LogP contribution in [-0.4, -0.2) is 44.2 Å². The fourth-order valence-electron chi connectivity index (χ4n) is 2.52. The third kappa shape index (κ3) is 4.21. The van der Waals surface area contributed by atoms with E-state index in [2.05, 4.69) is 12.2 Å². The fraction of sp³-hybridized carbons (Fsp3) is 1.00. The SMILES string of the molecule is CCCNCC(C)S(=O)(=O)N(C)C1CCCCC1. The molecule has 1 aliphatic rings. The summed E-state index contributed by atoms with van der Waals surface area (Å²) in [7, 11) is -1.40. The first kappa shape index (κ1) is 15.9. The summed E-state index contributed by atoms with van der Waals surface area (Å²) in [5.74, 6) is 0. The first-order valence-corrected chi connectivity index (χ1v) is 8.68. The van der Waals surface area contributed by atoms with E-state index in [1.165, 1.54) is 6.42 Å². The first-order chi connectivity index (χ1) is 8.50. The lowest BCUT2D eigenvalue weighted by atomic mass is 9.96. The summed E-state index contributed by atoms with van der Waals surface area (Å²) in [5.41, 5.74) is 0. The Morgan fingerprint density at radius 3 is 2.44 bits per heavy atom. The van der Waals surface area contributed by atoms with Gasteiger partial charge in [0.25, 0.3) is 0 Å². The minimum absolute atomic E-state index is 0.220. The average molecular weight is 276 g/mol. The molecule has 1 atom stereocenters. The molecular formula is C13H28N2O2S. The molecule has 1 fully saturated rings. The summed E-state index contributed by atoms with van der Waals surface area (Å²) in [6.07, 6.45) is 6.64. The van der Waals surface area contributed by atoms with E-state index in [1.54, 1.807) is 18.3 Å². The molecular weight excluding hydrogens is 248 g/mol. The molecule has 0 heterocycles. The summed E-state index contributed by atoms with van der Waals surface area (Å²) in [5, 5.41) is 2.86. The molecule has 18 heavy (non-hydrogen) atoms. The number of hydrogen-bond acceptors (Lipinski definition) is 3. The lowest BCUT2D eigenvalue weighted by Gasteiger charge is -2.32. The topological polar surface area (TPSA) is 49.4 Å². The molecule has 0 radical (unpaired) electrons. The number of sulfonamides is 1. The van der Waals surface area contributed by atoms with Crippen LogP contribution in [0.3, 0.4) is 0 Å².